The van der Waals surface area contributed by atoms with Crippen LogP contribution in [-0.2, 0) is 14.8 Å². The molecule has 7 nitrogen and oxygen atoms in total. The highest BCUT2D eigenvalue weighted by atomic mass is 32.2. The number of nitrogens with one attached hydrogen (secondary N) is 1. The molecule has 2 aromatic carbocycles. The number of rotatable bonds is 7. The summed E-state index contributed by atoms with van der Waals surface area (Å²) in [5, 5.41) is 0. The number of amides is 1. The molecule has 1 fully saturated rings. The fourth-order valence-corrected chi connectivity index (χ4v) is 4.22. The fraction of sp³-hybridized carbons (Fsp3) is 0.316. The zero-order chi connectivity index (χ0) is 19.4. The number of nitrogens with zero attached hydrogens (tertiary/aromatic N) is 1. The van der Waals surface area contributed by atoms with Gasteiger partial charge in [0.15, 0.2) is 0 Å². The maximum Gasteiger partial charge on any atom is 0.265 e. The van der Waals surface area contributed by atoms with Gasteiger partial charge in [-0.2, -0.15) is 0 Å². The smallest absolute Gasteiger partial charge is 0.265 e. The predicted molar refractivity (Wildman–Crippen MR) is 103 cm³/mol. The van der Waals surface area contributed by atoms with E-state index >= 15 is 0 Å². The summed E-state index contributed by atoms with van der Waals surface area (Å²) in [6.45, 7) is 2.73. The van der Waals surface area contributed by atoms with Crippen LogP contribution in [0.2, 0.25) is 0 Å². The van der Waals surface area contributed by atoms with Gasteiger partial charge in [-0.3, -0.25) is 9.52 Å². The van der Waals surface area contributed by atoms with Crippen LogP contribution in [0.5, 0.6) is 11.5 Å². The monoisotopic (exact) mass is 390 g/mol. The summed E-state index contributed by atoms with van der Waals surface area (Å²) in [6, 6.07) is 11.3. The number of hydrogen-bond acceptors (Lipinski definition) is 5. The van der Waals surface area contributed by atoms with Gasteiger partial charge in [0.2, 0.25) is 5.91 Å². The quantitative estimate of drug-likeness (QED) is 0.786. The second kappa shape index (κ2) is 7.87. The summed E-state index contributed by atoms with van der Waals surface area (Å²) in [6.07, 6.45) is 1.24. The molecule has 0 aromatic heterocycles. The number of hydrogen-bond donors (Lipinski definition) is 1. The van der Waals surface area contributed by atoms with Crippen molar-refractivity contribution in [1.29, 1.82) is 0 Å². The van der Waals surface area contributed by atoms with E-state index in [2.05, 4.69) is 4.72 Å². The van der Waals surface area contributed by atoms with Crippen molar-refractivity contribution in [2.75, 3.05) is 29.9 Å². The van der Waals surface area contributed by atoms with Crippen LogP contribution in [-0.4, -0.2) is 34.6 Å². The van der Waals surface area contributed by atoms with Gasteiger partial charge in [0.25, 0.3) is 10.0 Å². The highest BCUT2D eigenvalue weighted by Gasteiger charge is 2.26. The molecule has 1 aliphatic rings. The molecule has 0 atom stereocenters. The zero-order valence-electron chi connectivity index (χ0n) is 15.3. The highest BCUT2D eigenvalue weighted by molar-refractivity contribution is 7.92. The molecule has 0 aliphatic carbocycles. The van der Waals surface area contributed by atoms with Gasteiger partial charge in [-0.25, -0.2) is 8.42 Å². The average Bonchev–Trinajstić information content (AvgIpc) is 3.08. The minimum Gasteiger partial charge on any atom is -0.495 e. The number of para-hydroxylation sites is 1. The first-order valence-electron chi connectivity index (χ1n) is 8.69. The second-order valence-corrected chi connectivity index (χ2v) is 7.67. The fourth-order valence-electron chi connectivity index (χ4n) is 3.02. The molecule has 3 rings (SSSR count). The first kappa shape index (κ1) is 19.0. The summed E-state index contributed by atoms with van der Waals surface area (Å²) in [4.78, 5) is 13.8. The summed E-state index contributed by atoms with van der Waals surface area (Å²) >= 11 is 0. The lowest BCUT2D eigenvalue weighted by Gasteiger charge is -2.20. The second-order valence-electron chi connectivity index (χ2n) is 6.02. The van der Waals surface area contributed by atoms with E-state index in [0.29, 0.717) is 36.7 Å². The molecule has 1 saturated heterocycles. The topological polar surface area (TPSA) is 84.9 Å². The Morgan fingerprint density at radius 1 is 1.15 bits per heavy atom. The predicted octanol–water partition coefficient (Wildman–Crippen LogP) is 3.02. The molecule has 1 N–H and O–H groups in total. The number of carbonyl (C=O) groups excluding carboxylic acids is 1. The molecule has 1 aliphatic heterocycles. The van der Waals surface area contributed by atoms with E-state index in [1.54, 1.807) is 48.2 Å². The van der Waals surface area contributed by atoms with Crippen molar-refractivity contribution in [3.8, 4) is 11.5 Å². The molecule has 144 valence electrons. The molecule has 0 spiro atoms. The Labute approximate surface area is 158 Å². The van der Waals surface area contributed by atoms with E-state index in [9.17, 15) is 13.2 Å². The van der Waals surface area contributed by atoms with Gasteiger partial charge < -0.3 is 14.4 Å². The average molecular weight is 390 g/mol. The number of carbonyl (C=O) groups is 1. The number of sulfonamides is 1. The van der Waals surface area contributed by atoms with Gasteiger partial charge in [-0.05, 0) is 43.7 Å². The first-order valence-corrected chi connectivity index (χ1v) is 10.2. The Hall–Kier alpha value is -2.74. The van der Waals surface area contributed by atoms with Crippen molar-refractivity contribution in [3.63, 3.8) is 0 Å². The lowest BCUT2D eigenvalue weighted by Crippen LogP contribution is -2.24. The van der Waals surface area contributed by atoms with Crippen molar-refractivity contribution in [2.45, 2.75) is 24.7 Å². The molecule has 1 amide bonds. The summed E-state index contributed by atoms with van der Waals surface area (Å²) < 4.78 is 39.0. The number of anilines is 2. The normalized spacial score (nSPS) is 14.3. The van der Waals surface area contributed by atoms with E-state index in [1.165, 1.54) is 13.2 Å². The Morgan fingerprint density at radius 2 is 1.93 bits per heavy atom. The highest BCUT2D eigenvalue weighted by Crippen LogP contribution is 2.35. The van der Waals surface area contributed by atoms with Gasteiger partial charge >= 0.3 is 0 Å². The molecular formula is C19H22N2O5S. The van der Waals surface area contributed by atoms with Gasteiger partial charge in [0.1, 0.15) is 16.4 Å². The Kier molecular flexibility index (Phi) is 5.55. The van der Waals surface area contributed by atoms with E-state index in [1.807, 2.05) is 0 Å². The maximum atomic E-state index is 12.8. The van der Waals surface area contributed by atoms with Crippen LogP contribution in [0, 0.1) is 0 Å². The van der Waals surface area contributed by atoms with E-state index in [-0.39, 0.29) is 16.6 Å². The van der Waals surface area contributed by atoms with Crippen molar-refractivity contribution in [3.05, 3.63) is 42.5 Å². The van der Waals surface area contributed by atoms with Crippen LogP contribution >= 0.6 is 0 Å². The Bertz CT molecular complexity index is 943. The molecule has 1 heterocycles. The molecule has 0 saturated carbocycles. The molecule has 27 heavy (non-hydrogen) atoms. The molecule has 2 aromatic rings. The van der Waals surface area contributed by atoms with Crippen molar-refractivity contribution >= 4 is 27.3 Å². The molecule has 0 unspecified atom stereocenters. The Morgan fingerprint density at radius 3 is 2.59 bits per heavy atom. The van der Waals surface area contributed by atoms with Crippen LogP contribution in [0.1, 0.15) is 19.8 Å². The summed E-state index contributed by atoms with van der Waals surface area (Å²) in [7, 11) is -2.34. The first-order chi connectivity index (χ1) is 13.0. The molecule has 0 radical (unpaired) electrons. The third-order valence-corrected chi connectivity index (χ3v) is 5.65. The van der Waals surface area contributed by atoms with Crippen molar-refractivity contribution in [1.82, 2.24) is 0 Å². The molecule has 0 bridgehead atoms. The summed E-state index contributed by atoms with van der Waals surface area (Å²) in [5.41, 5.74) is 0.898. The lowest BCUT2D eigenvalue weighted by molar-refractivity contribution is -0.117. The third-order valence-electron chi connectivity index (χ3n) is 4.23. The van der Waals surface area contributed by atoms with Crippen molar-refractivity contribution < 1.29 is 22.7 Å². The number of benzene rings is 2. The standard InChI is InChI=1S/C19H22N2O5S/c1-3-26-17-7-4-5-8-18(17)27(23,24)20-14-10-11-16(25-2)15(13-14)21-12-6-9-19(21)22/h4-5,7-8,10-11,13,20H,3,6,9,12H2,1-2H3. The SMILES string of the molecule is CCOc1ccccc1S(=O)(=O)Nc1ccc(OC)c(N2CCCC2=O)c1. The third kappa shape index (κ3) is 4.00. The molecule has 8 heteroatoms. The van der Waals surface area contributed by atoms with Crippen LogP contribution < -0.4 is 19.1 Å². The minimum atomic E-state index is -3.86. The van der Waals surface area contributed by atoms with Crippen molar-refractivity contribution in [2.24, 2.45) is 0 Å². The van der Waals surface area contributed by atoms with Crippen LogP contribution in [0.25, 0.3) is 0 Å². The minimum absolute atomic E-state index is 0.00463. The lowest BCUT2D eigenvalue weighted by atomic mass is 10.2. The van der Waals surface area contributed by atoms with E-state index < -0.39 is 10.0 Å². The van der Waals surface area contributed by atoms with Gasteiger partial charge in [-0.15, -0.1) is 0 Å². The zero-order valence-corrected chi connectivity index (χ0v) is 16.1. The number of ether oxygens (including phenoxy) is 2. The van der Waals surface area contributed by atoms with E-state index in [4.69, 9.17) is 9.47 Å². The Balaban J connectivity index is 1.94. The molecular weight excluding hydrogens is 368 g/mol. The summed E-state index contributed by atoms with van der Waals surface area (Å²) in [5.74, 6) is 0.800. The maximum absolute atomic E-state index is 12.8. The van der Waals surface area contributed by atoms with Crippen LogP contribution in [0.15, 0.2) is 47.4 Å². The van der Waals surface area contributed by atoms with Gasteiger partial charge in [0.05, 0.1) is 25.1 Å². The van der Waals surface area contributed by atoms with Gasteiger partial charge in [0, 0.05) is 13.0 Å². The largest absolute Gasteiger partial charge is 0.495 e. The van der Waals surface area contributed by atoms with Gasteiger partial charge in [-0.1, -0.05) is 12.1 Å². The number of methoxy groups -OCH3 is 1. The van der Waals surface area contributed by atoms with Crippen LogP contribution in [0.4, 0.5) is 11.4 Å². The van der Waals surface area contributed by atoms with E-state index in [0.717, 1.165) is 6.42 Å². The van der Waals surface area contributed by atoms with Crippen LogP contribution in [0.3, 0.4) is 0 Å².